The molecule has 2 nitrogen and oxygen atoms in total. The van der Waals surface area contributed by atoms with Crippen LogP contribution in [-0.4, -0.2) is 13.3 Å². The number of rotatable bonds is 2. The van der Waals surface area contributed by atoms with Crippen LogP contribution >= 0.6 is 0 Å². The SMILES string of the molecule is C#Cc1cc(C=N)ccc1OC. The van der Waals surface area contributed by atoms with Gasteiger partial charge in [-0.1, -0.05) is 5.92 Å². The Morgan fingerprint density at radius 2 is 2.33 bits per heavy atom. The van der Waals surface area contributed by atoms with Crippen molar-refractivity contribution in [3.8, 4) is 18.1 Å². The molecule has 0 atom stereocenters. The Bertz CT molecular complexity index is 336. The van der Waals surface area contributed by atoms with Crippen LogP contribution in [0.25, 0.3) is 0 Å². The Morgan fingerprint density at radius 1 is 1.58 bits per heavy atom. The van der Waals surface area contributed by atoms with Gasteiger partial charge in [-0.3, -0.25) is 0 Å². The van der Waals surface area contributed by atoms with Crippen LogP contribution < -0.4 is 4.74 Å². The molecule has 60 valence electrons. The Labute approximate surface area is 71.7 Å². The molecule has 0 aliphatic heterocycles. The minimum absolute atomic E-state index is 0.670. The molecule has 0 spiro atoms. The standard InChI is InChI=1S/C10H9NO/c1-3-9-6-8(7-11)4-5-10(9)12-2/h1,4-7,11H,2H3. The number of hydrogen-bond acceptors (Lipinski definition) is 2. The third-order valence-corrected chi connectivity index (χ3v) is 1.55. The second kappa shape index (κ2) is 3.59. The van der Waals surface area contributed by atoms with Crippen LogP contribution in [0.15, 0.2) is 18.2 Å². The molecule has 0 bridgehead atoms. The molecule has 2 heteroatoms. The van der Waals surface area contributed by atoms with Crippen LogP contribution in [0.3, 0.4) is 0 Å². The first-order valence-corrected chi connectivity index (χ1v) is 3.47. The lowest BCUT2D eigenvalue weighted by Gasteiger charge is -2.02. The van der Waals surface area contributed by atoms with E-state index in [1.165, 1.54) is 6.21 Å². The first-order chi connectivity index (χ1) is 5.81. The molecule has 1 rings (SSSR count). The van der Waals surface area contributed by atoms with Crippen molar-refractivity contribution in [1.82, 2.24) is 0 Å². The second-order valence-electron chi connectivity index (χ2n) is 2.25. The topological polar surface area (TPSA) is 33.1 Å². The predicted octanol–water partition coefficient (Wildman–Crippen LogP) is 1.67. The maximum absolute atomic E-state index is 7.01. The lowest BCUT2D eigenvalue weighted by atomic mass is 10.1. The maximum Gasteiger partial charge on any atom is 0.134 e. The lowest BCUT2D eigenvalue weighted by Crippen LogP contribution is -1.89. The monoisotopic (exact) mass is 159 g/mol. The molecule has 0 unspecified atom stereocenters. The van der Waals surface area contributed by atoms with Crippen molar-refractivity contribution < 1.29 is 4.74 Å². The van der Waals surface area contributed by atoms with Gasteiger partial charge >= 0.3 is 0 Å². The van der Waals surface area contributed by atoms with Crippen molar-refractivity contribution >= 4 is 6.21 Å². The first-order valence-electron chi connectivity index (χ1n) is 3.47. The number of terminal acetylenes is 1. The van der Waals surface area contributed by atoms with Crippen LogP contribution in [-0.2, 0) is 0 Å². The van der Waals surface area contributed by atoms with E-state index >= 15 is 0 Å². The van der Waals surface area contributed by atoms with Gasteiger partial charge in [0.25, 0.3) is 0 Å². The zero-order valence-electron chi connectivity index (χ0n) is 6.79. The molecule has 1 aromatic rings. The Kier molecular flexibility index (Phi) is 2.49. The van der Waals surface area contributed by atoms with E-state index < -0.39 is 0 Å². The smallest absolute Gasteiger partial charge is 0.134 e. The van der Waals surface area contributed by atoms with Gasteiger partial charge in [0, 0.05) is 6.21 Å². The normalized spacial score (nSPS) is 8.67. The second-order valence-corrected chi connectivity index (χ2v) is 2.25. The number of ether oxygens (including phenoxy) is 1. The van der Waals surface area contributed by atoms with E-state index in [9.17, 15) is 0 Å². The summed E-state index contributed by atoms with van der Waals surface area (Å²) in [4.78, 5) is 0. The lowest BCUT2D eigenvalue weighted by molar-refractivity contribution is 0.413. The van der Waals surface area contributed by atoms with E-state index in [-0.39, 0.29) is 0 Å². The fraction of sp³-hybridized carbons (Fsp3) is 0.100. The summed E-state index contributed by atoms with van der Waals surface area (Å²) < 4.78 is 5.02. The molecule has 0 heterocycles. The third kappa shape index (κ3) is 1.46. The number of hydrogen-bond donors (Lipinski definition) is 1. The molecular formula is C10H9NO. The summed E-state index contributed by atoms with van der Waals surface area (Å²) in [5.74, 6) is 3.16. The molecule has 1 aromatic carbocycles. The zero-order chi connectivity index (χ0) is 8.97. The van der Waals surface area contributed by atoms with Gasteiger partial charge in [0.1, 0.15) is 5.75 Å². The van der Waals surface area contributed by atoms with E-state index in [2.05, 4.69) is 5.92 Å². The Hall–Kier alpha value is -1.75. The Balaban J connectivity index is 3.21. The molecule has 0 saturated heterocycles. The summed E-state index contributed by atoms with van der Waals surface area (Å²) in [6.07, 6.45) is 6.49. The van der Waals surface area contributed by atoms with Crippen molar-refractivity contribution in [3.05, 3.63) is 29.3 Å². The molecule has 1 N–H and O–H groups in total. The fourth-order valence-electron chi connectivity index (χ4n) is 0.928. The van der Waals surface area contributed by atoms with Crippen molar-refractivity contribution in [1.29, 1.82) is 5.41 Å². The van der Waals surface area contributed by atoms with E-state index in [4.69, 9.17) is 16.6 Å². The minimum Gasteiger partial charge on any atom is -0.495 e. The predicted molar refractivity (Wildman–Crippen MR) is 48.8 cm³/mol. The van der Waals surface area contributed by atoms with E-state index in [1.807, 2.05) is 0 Å². The molecule has 12 heavy (non-hydrogen) atoms. The number of benzene rings is 1. The number of nitrogens with one attached hydrogen (secondary N) is 1. The van der Waals surface area contributed by atoms with Crippen LogP contribution in [0.1, 0.15) is 11.1 Å². The summed E-state index contributed by atoms with van der Waals surface area (Å²) in [5, 5.41) is 7.01. The van der Waals surface area contributed by atoms with E-state index in [0.717, 1.165) is 5.56 Å². The summed E-state index contributed by atoms with van der Waals surface area (Å²) in [6, 6.07) is 5.29. The van der Waals surface area contributed by atoms with Gasteiger partial charge in [-0.05, 0) is 23.8 Å². The summed E-state index contributed by atoms with van der Waals surface area (Å²) in [7, 11) is 1.57. The van der Waals surface area contributed by atoms with Crippen LogP contribution in [0, 0.1) is 17.8 Å². The largest absolute Gasteiger partial charge is 0.495 e. The highest BCUT2D eigenvalue weighted by Gasteiger charge is 1.99. The first kappa shape index (κ1) is 8.35. The molecule has 0 aliphatic carbocycles. The molecule has 0 amide bonds. The van der Waals surface area contributed by atoms with Gasteiger partial charge in [0.05, 0.1) is 12.7 Å². The van der Waals surface area contributed by atoms with Crippen molar-refractivity contribution in [2.24, 2.45) is 0 Å². The van der Waals surface area contributed by atoms with Gasteiger partial charge in [0.2, 0.25) is 0 Å². The van der Waals surface area contributed by atoms with Gasteiger partial charge < -0.3 is 10.1 Å². The molecule has 0 radical (unpaired) electrons. The minimum atomic E-state index is 0.670. The summed E-state index contributed by atoms with van der Waals surface area (Å²) in [6.45, 7) is 0. The van der Waals surface area contributed by atoms with Crippen LogP contribution in [0.4, 0.5) is 0 Å². The molecule has 0 aromatic heterocycles. The van der Waals surface area contributed by atoms with Gasteiger partial charge in [-0.15, -0.1) is 6.42 Å². The highest BCUT2D eigenvalue weighted by Crippen LogP contribution is 2.17. The Morgan fingerprint density at radius 3 is 2.83 bits per heavy atom. The summed E-state index contributed by atoms with van der Waals surface area (Å²) >= 11 is 0. The molecule has 0 saturated carbocycles. The van der Waals surface area contributed by atoms with E-state index in [1.54, 1.807) is 25.3 Å². The molecule has 0 aliphatic rings. The average molecular weight is 159 g/mol. The number of methoxy groups -OCH3 is 1. The van der Waals surface area contributed by atoms with Crippen molar-refractivity contribution in [3.63, 3.8) is 0 Å². The highest BCUT2D eigenvalue weighted by atomic mass is 16.5. The average Bonchev–Trinajstić information content (AvgIpc) is 2.16. The van der Waals surface area contributed by atoms with Crippen molar-refractivity contribution in [2.75, 3.05) is 7.11 Å². The quantitative estimate of drug-likeness (QED) is 0.516. The third-order valence-electron chi connectivity index (χ3n) is 1.55. The van der Waals surface area contributed by atoms with Crippen molar-refractivity contribution in [2.45, 2.75) is 0 Å². The molecule has 0 fully saturated rings. The maximum atomic E-state index is 7.01. The highest BCUT2D eigenvalue weighted by molar-refractivity contribution is 5.78. The van der Waals surface area contributed by atoms with Gasteiger partial charge in [-0.25, -0.2) is 0 Å². The van der Waals surface area contributed by atoms with Gasteiger partial charge in [0.15, 0.2) is 0 Å². The van der Waals surface area contributed by atoms with Crippen LogP contribution in [0.5, 0.6) is 5.75 Å². The summed E-state index contributed by atoms with van der Waals surface area (Å²) in [5.41, 5.74) is 1.46. The van der Waals surface area contributed by atoms with Gasteiger partial charge in [-0.2, -0.15) is 0 Å². The van der Waals surface area contributed by atoms with E-state index in [0.29, 0.717) is 11.3 Å². The molecular weight excluding hydrogens is 150 g/mol. The zero-order valence-corrected chi connectivity index (χ0v) is 6.79. The van der Waals surface area contributed by atoms with Crippen LogP contribution in [0.2, 0.25) is 0 Å². The fourth-order valence-corrected chi connectivity index (χ4v) is 0.928.